The molecule has 0 heterocycles. The molecule has 0 aromatic heterocycles. The molecule has 6 heteroatoms. The Labute approximate surface area is 129 Å². The molecule has 0 aliphatic heterocycles. The zero-order chi connectivity index (χ0) is 0. The average Bonchev–Trinajstić information content (AvgIpc) is 0. The van der Waals surface area contributed by atoms with Crippen molar-refractivity contribution in [3.63, 3.8) is 0 Å². The van der Waals surface area contributed by atoms with E-state index in [-0.39, 0.29) is 132 Å². The third-order valence-electron chi connectivity index (χ3n) is 0. The summed E-state index contributed by atoms with van der Waals surface area (Å²) in [5.41, 5.74) is 0. The summed E-state index contributed by atoms with van der Waals surface area (Å²) in [6, 6.07) is 0. The second-order valence-corrected chi connectivity index (χ2v) is 0. The van der Waals surface area contributed by atoms with E-state index in [0.717, 1.165) is 0 Å². The number of rotatable bonds is 0. The molecule has 0 atom stereocenters. The molecular formula is H4AgAuCdNiSnZn. The predicted octanol–water partition coefficient (Wildman–Crippen LogP) is -1.46. The average molecular weight is 664 g/mol. The van der Waals surface area contributed by atoms with Crippen LogP contribution in [0.2, 0.25) is 0 Å². The third-order valence-corrected chi connectivity index (χ3v) is 0. The van der Waals surface area contributed by atoms with E-state index in [0.29, 0.717) is 0 Å². The van der Waals surface area contributed by atoms with E-state index < -0.39 is 0 Å². The van der Waals surface area contributed by atoms with Crippen molar-refractivity contribution in [1.29, 1.82) is 0 Å². The van der Waals surface area contributed by atoms with Crippen LogP contribution in [0.25, 0.3) is 0 Å². The van der Waals surface area contributed by atoms with Gasteiger partial charge in [-0.25, -0.2) is 0 Å². The molecule has 0 aliphatic carbocycles. The molecule has 0 saturated carbocycles. The summed E-state index contributed by atoms with van der Waals surface area (Å²) < 4.78 is 0. The molecule has 0 fully saturated rings. The minimum Gasteiger partial charge on any atom is 0 e. The van der Waals surface area contributed by atoms with Gasteiger partial charge in [0.2, 0.25) is 0 Å². The van der Waals surface area contributed by atoms with E-state index in [4.69, 9.17) is 0 Å². The molecule has 0 spiro atoms. The topological polar surface area (TPSA) is 0 Å². The van der Waals surface area contributed by atoms with Crippen molar-refractivity contribution in [1.82, 2.24) is 0 Å². The van der Waals surface area contributed by atoms with E-state index >= 15 is 0 Å². The molecule has 0 aliphatic rings. The Morgan fingerprint density at radius 3 is 1.00 bits per heavy atom. The van der Waals surface area contributed by atoms with Crippen molar-refractivity contribution in [2.75, 3.05) is 0 Å². The minimum absolute atomic E-state index is 0. The van der Waals surface area contributed by atoms with Crippen LogP contribution >= 0.6 is 0 Å². The van der Waals surface area contributed by atoms with Crippen LogP contribution in [0.3, 0.4) is 0 Å². The van der Waals surface area contributed by atoms with Crippen molar-refractivity contribution < 1.29 is 108 Å². The predicted molar refractivity (Wildman–Crippen MR) is 11.3 cm³/mol. The molecule has 0 saturated heterocycles. The van der Waals surface area contributed by atoms with Gasteiger partial charge in [0.1, 0.15) is 0 Å². The van der Waals surface area contributed by atoms with Gasteiger partial charge in [0.25, 0.3) is 0 Å². The smallest absolute Gasteiger partial charge is 0 e. The normalized spacial score (nSPS) is 0. The van der Waals surface area contributed by atoms with Crippen LogP contribution < -0.4 is 0 Å². The van der Waals surface area contributed by atoms with Gasteiger partial charge in [-0.05, 0) is 0 Å². The van der Waals surface area contributed by atoms with Gasteiger partial charge in [-0.2, -0.15) is 0 Å². The number of hydrogen-bond acceptors (Lipinski definition) is 0. The van der Waals surface area contributed by atoms with Gasteiger partial charge >= 0.3 is 23.9 Å². The van der Waals surface area contributed by atoms with E-state index in [1.807, 2.05) is 0 Å². The first-order valence-electron chi connectivity index (χ1n) is 0. The Balaban J connectivity index is 0. The molecule has 0 unspecified atom stereocenters. The largest absolute Gasteiger partial charge is 0 e. The Bertz CT molecular complexity index is 15.5. The van der Waals surface area contributed by atoms with Crippen LogP contribution in [0.15, 0.2) is 0 Å². The molecule has 0 aromatic rings. The molecule has 0 nitrogen and oxygen atoms in total. The second-order valence-electron chi connectivity index (χ2n) is 0. The van der Waals surface area contributed by atoms with Gasteiger partial charge < -0.3 is 0 Å². The molecular weight excluding hydrogens is 660 g/mol. The molecule has 0 amide bonds. The van der Waals surface area contributed by atoms with Crippen molar-refractivity contribution in [2.24, 2.45) is 0 Å². The van der Waals surface area contributed by atoms with Crippen LogP contribution in [-0.2, 0) is 108 Å². The maximum absolute atomic E-state index is 0. The Kier molecular flexibility index (Phi) is 277. The van der Waals surface area contributed by atoms with Crippen LogP contribution in [0.4, 0.5) is 0 Å². The Morgan fingerprint density at radius 1 is 1.00 bits per heavy atom. The summed E-state index contributed by atoms with van der Waals surface area (Å²) in [6.45, 7) is 0. The van der Waals surface area contributed by atoms with Crippen LogP contribution in [0, 0.1) is 0 Å². The summed E-state index contributed by atoms with van der Waals surface area (Å²) in [4.78, 5) is 0. The molecule has 44 valence electrons. The summed E-state index contributed by atoms with van der Waals surface area (Å²) in [7, 11) is 0. The van der Waals surface area contributed by atoms with Gasteiger partial charge in [-0.3, -0.25) is 0 Å². The third kappa shape index (κ3) is 23.9. The van der Waals surface area contributed by atoms with E-state index in [1.54, 1.807) is 0 Å². The van der Waals surface area contributed by atoms with Gasteiger partial charge in [0.05, 0.1) is 0 Å². The fourth-order valence-corrected chi connectivity index (χ4v) is 0. The van der Waals surface area contributed by atoms with Gasteiger partial charge in [0.15, 0.2) is 0 Å². The molecule has 0 N–H and O–H groups in total. The molecule has 6 heavy (non-hydrogen) atoms. The molecule has 0 bridgehead atoms. The van der Waals surface area contributed by atoms with Gasteiger partial charge in [-0.15, -0.1) is 0 Å². The van der Waals surface area contributed by atoms with Crippen molar-refractivity contribution in [3.05, 3.63) is 0 Å². The van der Waals surface area contributed by atoms with Gasteiger partial charge in [0, 0.05) is 108 Å². The SMILES string of the molecule is [Ag].[Au].[Cd].[Ni].[SnH4].[Zn]. The quantitative estimate of drug-likeness (QED) is 0.278. The fraction of sp³-hybridized carbons (Fsp3) is 0. The molecule has 2 radical (unpaired) electrons. The standard InChI is InChI=1S/Ag.Au.Cd.Ni.Sn.Zn.4H. The Hall–Kier alpha value is 4.32. The van der Waals surface area contributed by atoms with Gasteiger partial charge in [-0.1, -0.05) is 0 Å². The minimum atomic E-state index is 0. The monoisotopic (exact) mass is 664 g/mol. The summed E-state index contributed by atoms with van der Waals surface area (Å²) in [5, 5.41) is 0. The van der Waals surface area contributed by atoms with E-state index in [9.17, 15) is 0 Å². The summed E-state index contributed by atoms with van der Waals surface area (Å²) in [5.74, 6) is 0. The van der Waals surface area contributed by atoms with E-state index in [1.165, 1.54) is 0 Å². The molecule has 0 rings (SSSR count). The summed E-state index contributed by atoms with van der Waals surface area (Å²) >= 11 is 0. The zero-order valence-electron chi connectivity index (χ0n) is 2.33. The van der Waals surface area contributed by atoms with Crippen molar-refractivity contribution in [3.8, 4) is 0 Å². The Morgan fingerprint density at radius 2 is 1.00 bits per heavy atom. The first kappa shape index (κ1) is 48.0. The second kappa shape index (κ2) is 34.6. The maximum Gasteiger partial charge on any atom is 0 e. The van der Waals surface area contributed by atoms with Crippen molar-refractivity contribution >= 4 is 23.9 Å². The van der Waals surface area contributed by atoms with Crippen LogP contribution in [0.1, 0.15) is 0 Å². The molecule has 0 aromatic carbocycles. The summed E-state index contributed by atoms with van der Waals surface area (Å²) in [6.07, 6.45) is 0. The first-order valence-corrected chi connectivity index (χ1v) is 0. The fourth-order valence-electron chi connectivity index (χ4n) is 0. The van der Waals surface area contributed by atoms with Crippen molar-refractivity contribution in [2.45, 2.75) is 0 Å². The maximum atomic E-state index is 0. The van der Waals surface area contributed by atoms with E-state index in [2.05, 4.69) is 0 Å². The first-order chi connectivity index (χ1) is 0. The van der Waals surface area contributed by atoms with Crippen LogP contribution in [0.5, 0.6) is 0 Å². The van der Waals surface area contributed by atoms with Crippen LogP contribution in [-0.4, -0.2) is 23.9 Å². The number of hydrogen-bond donors (Lipinski definition) is 0. The zero-order valence-corrected chi connectivity index (χ0v) is 14.0.